The van der Waals surface area contributed by atoms with Crippen molar-refractivity contribution in [3.05, 3.63) is 11.7 Å². The lowest BCUT2D eigenvalue weighted by Crippen LogP contribution is -2.38. The van der Waals surface area contributed by atoms with Crippen LogP contribution in [0.1, 0.15) is 57.2 Å². The normalized spacial score (nSPS) is 39.6. The van der Waals surface area contributed by atoms with Crippen molar-refractivity contribution in [1.82, 2.24) is 20.4 Å². The van der Waals surface area contributed by atoms with Gasteiger partial charge in [-0.1, -0.05) is 18.5 Å². The molecule has 1 aromatic rings. The fraction of sp³-hybridized carbons (Fsp3) is 0.895. The molecule has 1 unspecified atom stereocenters. The third kappa shape index (κ3) is 2.60. The van der Waals surface area contributed by atoms with Gasteiger partial charge < -0.3 is 14.7 Å². The van der Waals surface area contributed by atoms with Gasteiger partial charge in [0.1, 0.15) is 0 Å². The molecule has 2 aliphatic heterocycles. The van der Waals surface area contributed by atoms with Crippen LogP contribution in [0.2, 0.25) is 0 Å². The maximum atomic E-state index is 5.83. The van der Waals surface area contributed by atoms with Gasteiger partial charge in [0.15, 0.2) is 5.82 Å². The second-order valence-electron chi connectivity index (χ2n) is 9.32. The molecule has 4 fully saturated rings. The van der Waals surface area contributed by atoms with Crippen LogP contribution >= 0.6 is 0 Å². The first-order chi connectivity index (χ1) is 11.7. The lowest BCUT2D eigenvalue weighted by atomic mass is 9.80. The molecule has 3 heterocycles. The van der Waals surface area contributed by atoms with Crippen LogP contribution in [0.15, 0.2) is 4.52 Å². The average molecular weight is 330 g/mol. The van der Waals surface area contributed by atoms with E-state index < -0.39 is 0 Å². The standard InChI is InChI=1S/C19H30N4O/c1-18(7-8-20-11-18)12-23-10-15-3-2-6-19(15,13-23)17-21-16(22-24-17)9-14-4-5-14/h14-15,20H,2-13H2,1H3/t15-,18?,19-/m1/s1. The Kier molecular flexibility index (Phi) is 3.53. The summed E-state index contributed by atoms with van der Waals surface area (Å²) in [6, 6.07) is 0. The molecule has 0 amide bonds. The molecule has 2 saturated carbocycles. The highest BCUT2D eigenvalue weighted by molar-refractivity contribution is 5.18. The maximum Gasteiger partial charge on any atom is 0.234 e. The summed E-state index contributed by atoms with van der Waals surface area (Å²) >= 11 is 0. The van der Waals surface area contributed by atoms with E-state index in [1.165, 1.54) is 58.2 Å². The lowest BCUT2D eigenvalue weighted by Gasteiger charge is -2.30. The van der Waals surface area contributed by atoms with E-state index in [2.05, 4.69) is 22.3 Å². The Hall–Kier alpha value is -0.940. The van der Waals surface area contributed by atoms with Crippen molar-refractivity contribution in [1.29, 1.82) is 0 Å². The van der Waals surface area contributed by atoms with E-state index in [-0.39, 0.29) is 5.41 Å². The molecule has 5 nitrogen and oxygen atoms in total. The molecule has 0 bridgehead atoms. The highest BCUT2D eigenvalue weighted by Gasteiger charge is 2.54. The molecule has 0 radical (unpaired) electrons. The van der Waals surface area contributed by atoms with Gasteiger partial charge in [-0.25, -0.2) is 0 Å². The zero-order chi connectivity index (χ0) is 16.2. The molecule has 0 aromatic carbocycles. The highest BCUT2D eigenvalue weighted by Crippen LogP contribution is 2.50. The molecule has 4 aliphatic rings. The van der Waals surface area contributed by atoms with Gasteiger partial charge in [0, 0.05) is 32.6 Å². The fourth-order valence-corrected chi connectivity index (χ4v) is 5.53. The molecule has 2 saturated heterocycles. The minimum atomic E-state index is 0.150. The quantitative estimate of drug-likeness (QED) is 0.898. The van der Waals surface area contributed by atoms with Crippen molar-refractivity contribution >= 4 is 0 Å². The summed E-state index contributed by atoms with van der Waals surface area (Å²) in [6.45, 7) is 8.32. The number of nitrogens with zero attached hydrogens (tertiary/aromatic N) is 3. The zero-order valence-electron chi connectivity index (χ0n) is 14.9. The lowest BCUT2D eigenvalue weighted by molar-refractivity contribution is 0.187. The van der Waals surface area contributed by atoms with Crippen molar-refractivity contribution in [3.8, 4) is 0 Å². The Morgan fingerprint density at radius 3 is 3.00 bits per heavy atom. The smallest absolute Gasteiger partial charge is 0.234 e. The fourth-order valence-electron chi connectivity index (χ4n) is 5.53. The molecule has 2 aliphatic carbocycles. The van der Waals surface area contributed by atoms with E-state index in [9.17, 15) is 0 Å². The van der Waals surface area contributed by atoms with Gasteiger partial charge in [-0.3, -0.25) is 0 Å². The summed E-state index contributed by atoms with van der Waals surface area (Å²) < 4.78 is 5.83. The second-order valence-corrected chi connectivity index (χ2v) is 9.32. The summed E-state index contributed by atoms with van der Waals surface area (Å²) in [4.78, 5) is 7.57. The predicted molar refractivity (Wildman–Crippen MR) is 91.8 cm³/mol. The van der Waals surface area contributed by atoms with E-state index in [0.717, 1.165) is 37.1 Å². The zero-order valence-corrected chi connectivity index (χ0v) is 14.9. The number of rotatable bonds is 5. The van der Waals surface area contributed by atoms with Crippen molar-refractivity contribution in [2.75, 3.05) is 32.7 Å². The van der Waals surface area contributed by atoms with Gasteiger partial charge >= 0.3 is 0 Å². The Balaban J connectivity index is 1.34. The highest BCUT2D eigenvalue weighted by atomic mass is 16.5. The van der Waals surface area contributed by atoms with E-state index in [1.54, 1.807) is 0 Å². The maximum absolute atomic E-state index is 5.83. The van der Waals surface area contributed by atoms with Crippen LogP contribution in [0.25, 0.3) is 0 Å². The first-order valence-electron chi connectivity index (χ1n) is 9.91. The van der Waals surface area contributed by atoms with E-state index in [1.807, 2.05) is 0 Å². The summed E-state index contributed by atoms with van der Waals surface area (Å²) in [5, 5.41) is 7.86. The van der Waals surface area contributed by atoms with Crippen LogP contribution in [-0.4, -0.2) is 47.8 Å². The first-order valence-corrected chi connectivity index (χ1v) is 9.91. The second kappa shape index (κ2) is 5.53. The predicted octanol–water partition coefficient (Wildman–Crippen LogP) is 2.38. The van der Waals surface area contributed by atoms with Crippen LogP contribution in [0.4, 0.5) is 0 Å². The van der Waals surface area contributed by atoms with E-state index in [0.29, 0.717) is 11.3 Å². The van der Waals surface area contributed by atoms with Gasteiger partial charge in [-0.15, -0.1) is 0 Å². The summed E-state index contributed by atoms with van der Waals surface area (Å²) in [7, 11) is 0. The number of likely N-dealkylation sites (tertiary alicyclic amines) is 1. The molecular formula is C19H30N4O. The molecule has 0 spiro atoms. The molecule has 5 heteroatoms. The number of hydrogen-bond donors (Lipinski definition) is 1. The molecule has 3 atom stereocenters. The Bertz CT molecular complexity index is 604. The minimum Gasteiger partial charge on any atom is -0.339 e. The third-order valence-corrected chi connectivity index (χ3v) is 7.07. The molecule has 24 heavy (non-hydrogen) atoms. The number of nitrogens with one attached hydrogen (secondary N) is 1. The SMILES string of the molecule is CC1(CN2C[C@H]3CCC[C@@]3(c3nc(CC4CC4)no3)C2)CCNC1. The minimum absolute atomic E-state index is 0.150. The Morgan fingerprint density at radius 1 is 1.29 bits per heavy atom. The van der Waals surface area contributed by atoms with Gasteiger partial charge in [0.2, 0.25) is 5.89 Å². The molecule has 1 N–H and O–H groups in total. The van der Waals surface area contributed by atoms with Crippen LogP contribution in [0.3, 0.4) is 0 Å². The number of fused-ring (bicyclic) bond motifs is 1. The topological polar surface area (TPSA) is 54.2 Å². The van der Waals surface area contributed by atoms with Gasteiger partial charge in [0.25, 0.3) is 0 Å². The van der Waals surface area contributed by atoms with Crippen LogP contribution in [0.5, 0.6) is 0 Å². The summed E-state index contributed by atoms with van der Waals surface area (Å²) in [5.41, 5.74) is 0.586. The van der Waals surface area contributed by atoms with Crippen molar-refractivity contribution < 1.29 is 4.52 Å². The molecule has 1 aromatic heterocycles. The van der Waals surface area contributed by atoms with Crippen LogP contribution in [-0.2, 0) is 11.8 Å². The Morgan fingerprint density at radius 2 is 2.21 bits per heavy atom. The van der Waals surface area contributed by atoms with E-state index in [4.69, 9.17) is 9.51 Å². The number of hydrogen-bond acceptors (Lipinski definition) is 5. The molecule has 132 valence electrons. The van der Waals surface area contributed by atoms with Crippen LogP contribution in [0, 0.1) is 17.3 Å². The van der Waals surface area contributed by atoms with Crippen molar-refractivity contribution in [2.45, 2.75) is 57.3 Å². The summed E-state index contributed by atoms with van der Waals surface area (Å²) in [6.07, 6.45) is 8.89. The molecule has 5 rings (SSSR count). The van der Waals surface area contributed by atoms with Crippen molar-refractivity contribution in [2.24, 2.45) is 17.3 Å². The van der Waals surface area contributed by atoms with Crippen molar-refractivity contribution in [3.63, 3.8) is 0 Å². The first kappa shape index (κ1) is 15.3. The average Bonchev–Trinajstić information content (AvgIpc) is 2.93. The van der Waals surface area contributed by atoms with Gasteiger partial charge in [-0.05, 0) is 55.9 Å². The monoisotopic (exact) mass is 330 g/mol. The van der Waals surface area contributed by atoms with Gasteiger partial charge in [-0.2, -0.15) is 4.98 Å². The summed E-state index contributed by atoms with van der Waals surface area (Å²) in [5.74, 6) is 3.45. The number of aromatic nitrogens is 2. The molecular weight excluding hydrogens is 300 g/mol. The largest absolute Gasteiger partial charge is 0.339 e. The van der Waals surface area contributed by atoms with Gasteiger partial charge in [0.05, 0.1) is 5.41 Å². The third-order valence-electron chi connectivity index (χ3n) is 7.07. The Labute approximate surface area is 144 Å². The van der Waals surface area contributed by atoms with Crippen LogP contribution < -0.4 is 5.32 Å². The van der Waals surface area contributed by atoms with E-state index >= 15 is 0 Å².